The summed E-state index contributed by atoms with van der Waals surface area (Å²) in [6.45, 7) is 2.68. The lowest BCUT2D eigenvalue weighted by molar-refractivity contribution is 0.245. The molecule has 3 aromatic rings. The van der Waals surface area contributed by atoms with Crippen molar-refractivity contribution in [2.75, 3.05) is 13.1 Å². The summed E-state index contributed by atoms with van der Waals surface area (Å²) in [5.74, 6) is 0.575. The van der Waals surface area contributed by atoms with Crippen molar-refractivity contribution in [1.82, 2.24) is 24.3 Å². The summed E-state index contributed by atoms with van der Waals surface area (Å²) >= 11 is 0. The average molecular weight is 373 g/mol. The van der Waals surface area contributed by atoms with Gasteiger partial charge in [0.25, 0.3) is 0 Å². The summed E-state index contributed by atoms with van der Waals surface area (Å²) < 4.78 is 32.5. The highest BCUT2D eigenvalue weighted by molar-refractivity contribution is 7.89. The van der Waals surface area contributed by atoms with Crippen molar-refractivity contribution in [2.24, 2.45) is 0 Å². The maximum Gasteiger partial charge on any atom is 0.243 e. The first-order valence-electron chi connectivity index (χ1n) is 8.42. The zero-order chi connectivity index (χ0) is 18.1. The van der Waals surface area contributed by atoms with Gasteiger partial charge in [0.15, 0.2) is 5.89 Å². The van der Waals surface area contributed by atoms with E-state index < -0.39 is 10.0 Å². The zero-order valence-electron chi connectivity index (χ0n) is 14.3. The van der Waals surface area contributed by atoms with Crippen LogP contribution in [0.3, 0.4) is 0 Å². The van der Waals surface area contributed by atoms with Gasteiger partial charge in [-0.05, 0) is 25.0 Å². The van der Waals surface area contributed by atoms with Crippen LogP contribution in [0.5, 0.6) is 0 Å². The standard InChI is InChI=1S/C17H19N5O3S/c1-13-20-17(12-25-13)14-2-4-16(5-3-14)26(23,24)21-10-6-15(7-11-21)22-18-8-9-19-22/h2-5,8-9,12,15H,6-7,10-11H2,1H3. The summed E-state index contributed by atoms with van der Waals surface area (Å²) in [6.07, 6.45) is 6.24. The van der Waals surface area contributed by atoms with Gasteiger partial charge in [0, 0.05) is 25.6 Å². The molecule has 26 heavy (non-hydrogen) atoms. The molecule has 9 heteroatoms. The Morgan fingerprint density at radius 2 is 1.73 bits per heavy atom. The predicted molar refractivity (Wildman–Crippen MR) is 93.7 cm³/mol. The third kappa shape index (κ3) is 3.15. The van der Waals surface area contributed by atoms with Crippen molar-refractivity contribution < 1.29 is 12.8 Å². The number of rotatable bonds is 4. The highest BCUT2D eigenvalue weighted by Crippen LogP contribution is 2.27. The first-order valence-corrected chi connectivity index (χ1v) is 9.86. The molecule has 1 saturated heterocycles. The molecule has 0 bridgehead atoms. The SMILES string of the molecule is Cc1nc(-c2ccc(S(=O)(=O)N3CCC(n4nccn4)CC3)cc2)co1. The Hall–Kier alpha value is -2.52. The molecule has 4 rings (SSSR count). The van der Waals surface area contributed by atoms with Crippen LogP contribution in [0, 0.1) is 6.92 Å². The number of aryl methyl sites for hydroxylation is 1. The first kappa shape index (κ1) is 16.9. The van der Waals surface area contributed by atoms with Gasteiger partial charge in [-0.3, -0.25) is 0 Å². The summed E-state index contributed by atoms with van der Waals surface area (Å²) in [7, 11) is -3.51. The molecule has 1 fully saturated rings. The van der Waals surface area contributed by atoms with Gasteiger partial charge in [0.2, 0.25) is 10.0 Å². The van der Waals surface area contributed by atoms with E-state index in [1.54, 1.807) is 54.6 Å². The third-order valence-corrected chi connectivity index (χ3v) is 6.51. The van der Waals surface area contributed by atoms with Gasteiger partial charge in [-0.2, -0.15) is 19.3 Å². The number of sulfonamides is 1. The van der Waals surface area contributed by atoms with Crippen molar-refractivity contribution in [3.05, 3.63) is 48.8 Å². The van der Waals surface area contributed by atoms with Gasteiger partial charge >= 0.3 is 0 Å². The molecule has 2 aromatic heterocycles. The lowest BCUT2D eigenvalue weighted by Crippen LogP contribution is -2.39. The summed E-state index contributed by atoms with van der Waals surface area (Å²) in [5.41, 5.74) is 1.52. The topological polar surface area (TPSA) is 94.1 Å². The molecule has 0 spiro atoms. The smallest absolute Gasteiger partial charge is 0.243 e. The summed E-state index contributed by atoms with van der Waals surface area (Å²) in [6, 6.07) is 6.90. The van der Waals surface area contributed by atoms with Crippen molar-refractivity contribution in [2.45, 2.75) is 30.7 Å². The second-order valence-electron chi connectivity index (χ2n) is 6.26. The minimum atomic E-state index is -3.51. The van der Waals surface area contributed by atoms with Crippen molar-refractivity contribution in [3.8, 4) is 11.3 Å². The number of hydrogen-bond acceptors (Lipinski definition) is 6. The lowest BCUT2D eigenvalue weighted by atomic mass is 10.1. The Balaban J connectivity index is 1.48. The molecule has 0 amide bonds. The average Bonchev–Trinajstić information content (AvgIpc) is 3.34. The van der Waals surface area contributed by atoms with Crippen molar-refractivity contribution in [3.63, 3.8) is 0 Å². The van der Waals surface area contributed by atoms with Gasteiger partial charge in [-0.25, -0.2) is 13.4 Å². The molecule has 0 atom stereocenters. The normalized spacial score (nSPS) is 16.8. The Labute approximate surface area is 151 Å². The van der Waals surface area contributed by atoms with E-state index in [9.17, 15) is 8.42 Å². The molecule has 0 aliphatic carbocycles. The molecular weight excluding hydrogens is 354 g/mol. The van der Waals surface area contributed by atoms with E-state index in [1.165, 1.54) is 4.31 Å². The van der Waals surface area contributed by atoms with Crippen molar-refractivity contribution in [1.29, 1.82) is 0 Å². The molecule has 0 saturated carbocycles. The van der Waals surface area contributed by atoms with Crippen LogP contribution in [-0.2, 0) is 10.0 Å². The molecule has 1 aliphatic rings. The number of oxazole rings is 1. The fourth-order valence-corrected chi connectivity index (χ4v) is 4.64. The van der Waals surface area contributed by atoms with E-state index >= 15 is 0 Å². The second-order valence-corrected chi connectivity index (χ2v) is 8.20. The van der Waals surface area contributed by atoms with Crippen molar-refractivity contribution >= 4 is 10.0 Å². The van der Waals surface area contributed by atoms with Gasteiger partial charge in [0.05, 0.1) is 23.3 Å². The highest BCUT2D eigenvalue weighted by Gasteiger charge is 2.30. The number of nitrogens with zero attached hydrogens (tertiary/aromatic N) is 5. The van der Waals surface area contributed by atoms with Gasteiger partial charge in [-0.15, -0.1) is 0 Å². The van der Waals surface area contributed by atoms with E-state index in [2.05, 4.69) is 15.2 Å². The Morgan fingerprint density at radius 1 is 1.08 bits per heavy atom. The zero-order valence-corrected chi connectivity index (χ0v) is 15.1. The van der Waals surface area contributed by atoms with Crippen LogP contribution >= 0.6 is 0 Å². The van der Waals surface area contributed by atoms with Crippen LogP contribution < -0.4 is 0 Å². The highest BCUT2D eigenvalue weighted by atomic mass is 32.2. The molecule has 136 valence electrons. The first-order chi connectivity index (χ1) is 12.5. The molecule has 0 N–H and O–H groups in total. The molecular formula is C17H19N5O3S. The minimum Gasteiger partial charge on any atom is -0.449 e. The number of aromatic nitrogens is 4. The maximum absolute atomic E-state index is 12.9. The van der Waals surface area contributed by atoms with E-state index in [4.69, 9.17) is 4.42 Å². The van der Waals surface area contributed by atoms with Crippen LogP contribution in [0.4, 0.5) is 0 Å². The third-order valence-electron chi connectivity index (χ3n) is 4.59. The molecule has 0 radical (unpaired) electrons. The van der Waals surface area contributed by atoms with Gasteiger partial charge < -0.3 is 4.42 Å². The van der Waals surface area contributed by atoms with Crippen LogP contribution in [0.25, 0.3) is 11.3 Å². The fraction of sp³-hybridized carbons (Fsp3) is 0.353. The predicted octanol–water partition coefficient (Wildman–Crippen LogP) is 2.27. The summed E-state index contributed by atoms with van der Waals surface area (Å²) in [5, 5.41) is 8.30. The molecule has 3 heterocycles. The largest absolute Gasteiger partial charge is 0.449 e. The van der Waals surface area contributed by atoms with Crippen LogP contribution in [0.2, 0.25) is 0 Å². The minimum absolute atomic E-state index is 0.147. The molecule has 1 aromatic carbocycles. The second kappa shape index (κ2) is 6.65. The Kier molecular flexibility index (Phi) is 4.33. The van der Waals surface area contributed by atoms with E-state index in [1.807, 2.05) is 0 Å². The van der Waals surface area contributed by atoms with Crippen LogP contribution in [0.15, 0.2) is 52.2 Å². The fourth-order valence-electron chi connectivity index (χ4n) is 3.17. The summed E-state index contributed by atoms with van der Waals surface area (Å²) in [4.78, 5) is 6.21. The van der Waals surface area contributed by atoms with Gasteiger partial charge in [-0.1, -0.05) is 12.1 Å². The van der Waals surface area contributed by atoms with E-state index in [0.29, 0.717) is 37.5 Å². The van der Waals surface area contributed by atoms with E-state index in [-0.39, 0.29) is 10.9 Å². The van der Waals surface area contributed by atoms with Crippen LogP contribution in [-0.4, -0.2) is 45.8 Å². The maximum atomic E-state index is 12.9. The quantitative estimate of drug-likeness (QED) is 0.696. The number of piperidine rings is 1. The number of benzene rings is 1. The van der Waals surface area contributed by atoms with E-state index in [0.717, 1.165) is 5.56 Å². The Bertz CT molecular complexity index is 972. The number of hydrogen-bond donors (Lipinski definition) is 0. The van der Waals surface area contributed by atoms with Gasteiger partial charge in [0.1, 0.15) is 12.0 Å². The molecule has 8 nitrogen and oxygen atoms in total. The Morgan fingerprint density at radius 3 is 2.31 bits per heavy atom. The molecule has 1 aliphatic heterocycles. The molecule has 0 unspecified atom stereocenters. The monoisotopic (exact) mass is 373 g/mol. The van der Waals surface area contributed by atoms with Crippen LogP contribution in [0.1, 0.15) is 24.8 Å². The lowest BCUT2D eigenvalue weighted by Gasteiger charge is -2.30.